The molecule has 2 aromatic carbocycles. The Morgan fingerprint density at radius 3 is 2.46 bits per heavy atom. The van der Waals surface area contributed by atoms with E-state index >= 15 is 0 Å². The van der Waals surface area contributed by atoms with Crippen LogP contribution >= 0.6 is 0 Å². The lowest BCUT2D eigenvalue weighted by atomic mass is 9.86. The van der Waals surface area contributed by atoms with Crippen LogP contribution < -0.4 is 5.73 Å². The molecule has 4 N–H and O–H groups in total. The van der Waals surface area contributed by atoms with E-state index in [0.717, 1.165) is 22.3 Å². The molecule has 0 unspecified atom stereocenters. The molecule has 26 heavy (non-hydrogen) atoms. The zero-order valence-corrected chi connectivity index (χ0v) is 15.1. The van der Waals surface area contributed by atoms with E-state index in [0.29, 0.717) is 17.2 Å². The molecule has 0 radical (unpaired) electrons. The van der Waals surface area contributed by atoms with Crippen LogP contribution in [0.15, 0.2) is 54.7 Å². The standard InChI is InChI=1S/C21H22N4O/c1-21(2,3)13-8-4-7-11-16(13)25-12-17(26)18(19(25)22)20-23-14-9-5-6-10-15(14)24-20/h4-12,26H,22H2,1-3H3,(H,23,24). The van der Waals surface area contributed by atoms with Gasteiger partial charge in [-0.1, -0.05) is 51.1 Å². The van der Waals surface area contributed by atoms with Gasteiger partial charge in [0.15, 0.2) is 0 Å². The van der Waals surface area contributed by atoms with Crippen LogP contribution in [0, 0.1) is 0 Å². The summed E-state index contributed by atoms with van der Waals surface area (Å²) >= 11 is 0. The fourth-order valence-electron chi connectivity index (χ4n) is 3.34. The average Bonchev–Trinajstić information content (AvgIpc) is 3.14. The van der Waals surface area contributed by atoms with Crippen molar-refractivity contribution in [1.29, 1.82) is 0 Å². The molecule has 0 spiro atoms. The molecule has 0 aliphatic heterocycles. The molecule has 0 aliphatic rings. The van der Waals surface area contributed by atoms with Crippen LogP contribution in [0.1, 0.15) is 26.3 Å². The molecular formula is C21H22N4O. The molecule has 4 rings (SSSR count). The SMILES string of the molecule is CC(C)(C)c1ccccc1-n1cc(O)c(-c2nc3ccccc3[nH]2)c1N. The predicted molar refractivity (Wildman–Crippen MR) is 106 cm³/mol. The molecule has 4 aromatic rings. The number of fused-ring (bicyclic) bond motifs is 1. The van der Waals surface area contributed by atoms with E-state index in [1.54, 1.807) is 6.20 Å². The van der Waals surface area contributed by atoms with E-state index in [4.69, 9.17) is 5.73 Å². The van der Waals surface area contributed by atoms with Crippen LogP contribution in [0.5, 0.6) is 5.75 Å². The first kappa shape index (κ1) is 16.3. The Hall–Kier alpha value is -3.21. The number of anilines is 1. The summed E-state index contributed by atoms with van der Waals surface area (Å²) < 4.78 is 1.83. The molecule has 0 atom stereocenters. The summed E-state index contributed by atoms with van der Waals surface area (Å²) in [5.74, 6) is 1.12. The first-order chi connectivity index (χ1) is 12.4. The van der Waals surface area contributed by atoms with Crippen LogP contribution in [0.2, 0.25) is 0 Å². The van der Waals surface area contributed by atoms with Crippen molar-refractivity contribution < 1.29 is 5.11 Å². The fourth-order valence-corrected chi connectivity index (χ4v) is 3.34. The van der Waals surface area contributed by atoms with Gasteiger partial charge in [-0.15, -0.1) is 0 Å². The number of nitrogens with zero attached hydrogens (tertiary/aromatic N) is 2. The third kappa shape index (κ3) is 2.52. The van der Waals surface area contributed by atoms with E-state index in [-0.39, 0.29) is 11.2 Å². The van der Waals surface area contributed by atoms with Gasteiger partial charge in [-0.25, -0.2) is 4.98 Å². The highest BCUT2D eigenvalue weighted by atomic mass is 16.3. The molecule has 0 aliphatic carbocycles. The Balaban J connectivity index is 1.91. The number of rotatable bonds is 2. The van der Waals surface area contributed by atoms with Crippen molar-refractivity contribution in [2.24, 2.45) is 0 Å². The summed E-state index contributed by atoms with van der Waals surface area (Å²) in [5.41, 5.74) is 10.8. The van der Waals surface area contributed by atoms with Crippen LogP contribution in [0.3, 0.4) is 0 Å². The van der Waals surface area contributed by atoms with Gasteiger partial charge in [-0.3, -0.25) is 4.57 Å². The quantitative estimate of drug-likeness (QED) is 0.496. The number of benzene rings is 2. The van der Waals surface area contributed by atoms with Crippen molar-refractivity contribution >= 4 is 16.9 Å². The maximum absolute atomic E-state index is 10.6. The summed E-state index contributed by atoms with van der Waals surface area (Å²) in [6.07, 6.45) is 1.66. The van der Waals surface area contributed by atoms with Crippen molar-refractivity contribution in [3.8, 4) is 22.8 Å². The molecule has 0 saturated carbocycles. The van der Waals surface area contributed by atoms with E-state index in [2.05, 4.69) is 36.8 Å². The highest BCUT2D eigenvalue weighted by Crippen LogP contribution is 2.39. The smallest absolute Gasteiger partial charge is 0.146 e. The molecular weight excluding hydrogens is 324 g/mol. The van der Waals surface area contributed by atoms with Gasteiger partial charge >= 0.3 is 0 Å². The molecule has 0 saturated heterocycles. The minimum Gasteiger partial charge on any atom is -0.505 e. The largest absolute Gasteiger partial charge is 0.505 e. The van der Waals surface area contributed by atoms with Gasteiger partial charge in [-0.05, 0) is 29.2 Å². The summed E-state index contributed by atoms with van der Waals surface area (Å²) in [6.45, 7) is 6.47. The number of hydrogen-bond acceptors (Lipinski definition) is 3. The molecule has 2 aromatic heterocycles. The lowest BCUT2D eigenvalue weighted by Gasteiger charge is -2.23. The molecule has 2 heterocycles. The zero-order valence-electron chi connectivity index (χ0n) is 15.1. The maximum atomic E-state index is 10.6. The summed E-state index contributed by atoms with van der Waals surface area (Å²) in [7, 11) is 0. The third-order valence-electron chi connectivity index (χ3n) is 4.62. The number of hydrogen-bond donors (Lipinski definition) is 3. The number of para-hydroxylation sites is 3. The maximum Gasteiger partial charge on any atom is 0.146 e. The summed E-state index contributed by atoms with van der Waals surface area (Å²) in [4.78, 5) is 7.81. The first-order valence-corrected chi connectivity index (χ1v) is 8.61. The fraction of sp³-hybridized carbons (Fsp3) is 0.190. The van der Waals surface area contributed by atoms with Crippen molar-refractivity contribution in [3.63, 3.8) is 0 Å². The third-order valence-corrected chi connectivity index (χ3v) is 4.62. The number of aromatic amines is 1. The number of imidazole rings is 1. The van der Waals surface area contributed by atoms with Gasteiger partial charge in [0, 0.05) is 0 Å². The summed E-state index contributed by atoms with van der Waals surface area (Å²) in [6, 6.07) is 15.8. The zero-order chi connectivity index (χ0) is 18.5. The van der Waals surface area contributed by atoms with Gasteiger partial charge in [0.2, 0.25) is 0 Å². The number of nitrogen functional groups attached to an aromatic ring is 1. The van der Waals surface area contributed by atoms with Gasteiger partial charge < -0.3 is 15.8 Å². The first-order valence-electron chi connectivity index (χ1n) is 8.61. The predicted octanol–water partition coefficient (Wildman–Crippen LogP) is 4.61. The molecule has 5 nitrogen and oxygen atoms in total. The van der Waals surface area contributed by atoms with Crippen LogP contribution in [-0.4, -0.2) is 19.6 Å². The van der Waals surface area contributed by atoms with Crippen molar-refractivity contribution in [2.75, 3.05) is 5.73 Å². The van der Waals surface area contributed by atoms with Crippen molar-refractivity contribution in [2.45, 2.75) is 26.2 Å². The molecule has 5 heteroatoms. The average molecular weight is 346 g/mol. The van der Waals surface area contributed by atoms with Gasteiger partial charge in [0.25, 0.3) is 0 Å². The molecule has 0 fully saturated rings. The highest BCUT2D eigenvalue weighted by molar-refractivity contribution is 5.85. The van der Waals surface area contributed by atoms with Gasteiger partial charge in [0.05, 0.1) is 22.9 Å². The Bertz CT molecular complexity index is 1070. The molecule has 0 amide bonds. The molecule has 132 valence electrons. The Labute approximate surface area is 152 Å². The van der Waals surface area contributed by atoms with Crippen LogP contribution in [0.4, 0.5) is 5.82 Å². The van der Waals surface area contributed by atoms with Crippen molar-refractivity contribution in [3.05, 3.63) is 60.3 Å². The summed E-state index contributed by atoms with van der Waals surface area (Å²) in [5, 5.41) is 10.6. The second kappa shape index (κ2) is 5.66. The minimum absolute atomic E-state index is 0.0531. The Kier molecular flexibility index (Phi) is 3.54. The topological polar surface area (TPSA) is 79.9 Å². The van der Waals surface area contributed by atoms with Crippen molar-refractivity contribution in [1.82, 2.24) is 14.5 Å². The Morgan fingerprint density at radius 1 is 1.04 bits per heavy atom. The number of nitrogens with two attached hydrogens (primary N) is 1. The monoisotopic (exact) mass is 346 g/mol. The van der Waals surface area contributed by atoms with Crippen LogP contribution in [0.25, 0.3) is 28.1 Å². The van der Waals surface area contributed by atoms with E-state index in [1.807, 2.05) is 47.0 Å². The van der Waals surface area contributed by atoms with Crippen LogP contribution in [-0.2, 0) is 5.41 Å². The van der Waals surface area contributed by atoms with Gasteiger partial charge in [0.1, 0.15) is 23.0 Å². The van der Waals surface area contributed by atoms with Gasteiger partial charge in [-0.2, -0.15) is 0 Å². The normalized spacial score (nSPS) is 12.0. The highest BCUT2D eigenvalue weighted by Gasteiger charge is 2.23. The number of nitrogens with one attached hydrogen (secondary N) is 1. The van der Waals surface area contributed by atoms with E-state index in [1.165, 1.54) is 0 Å². The second-order valence-electron chi connectivity index (χ2n) is 7.51. The Morgan fingerprint density at radius 2 is 1.73 bits per heavy atom. The number of aromatic hydroxyl groups is 1. The second-order valence-corrected chi connectivity index (χ2v) is 7.51. The number of H-pyrrole nitrogens is 1. The lowest BCUT2D eigenvalue weighted by Crippen LogP contribution is -2.15. The van der Waals surface area contributed by atoms with E-state index < -0.39 is 0 Å². The van der Waals surface area contributed by atoms with E-state index in [9.17, 15) is 5.11 Å². The minimum atomic E-state index is -0.0531. The number of aromatic nitrogens is 3. The molecule has 0 bridgehead atoms. The lowest BCUT2D eigenvalue weighted by molar-refractivity contribution is 0.476.